The molecule has 1 aliphatic heterocycles. The Morgan fingerprint density at radius 2 is 2.10 bits per heavy atom. The first-order chi connectivity index (χ1) is 4.61. The number of nitrogens with one attached hydrogen (secondary N) is 1. The van der Waals surface area contributed by atoms with E-state index in [4.69, 9.17) is 23.2 Å². The minimum atomic E-state index is -0.406. The van der Waals surface area contributed by atoms with Crippen LogP contribution < -0.4 is 5.32 Å². The monoisotopic (exact) mass is 178 g/mol. The second-order valence-corrected chi connectivity index (χ2v) is 2.92. The molecule has 1 rings (SSSR count). The molecule has 1 heterocycles. The molecule has 1 unspecified atom stereocenters. The van der Waals surface area contributed by atoms with Gasteiger partial charge in [-0.1, -0.05) is 23.2 Å². The molecule has 0 aromatic rings. The minimum absolute atomic E-state index is 0.406. The van der Waals surface area contributed by atoms with E-state index in [-0.39, 0.29) is 0 Å². The maximum Gasteiger partial charge on any atom is 0.196 e. The Kier molecular flexibility index (Phi) is 2.21. The lowest BCUT2D eigenvalue weighted by Crippen LogP contribution is -2.26. The van der Waals surface area contributed by atoms with Gasteiger partial charge >= 0.3 is 0 Å². The average molecular weight is 179 g/mol. The van der Waals surface area contributed by atoms with Crippen molar-refractivity contribution in [3.8, 4) is 0 Å². The number of allylic oxidation sites excluding steroid dienone is 2. The van der Waals surface area contributed by atoms with E-state index in [2.05, 4.69) is 10.3 Å². The fourth-order valence-electron chi connectivity index (χ4n) is 0.670. The molecule has 1 atom stereocenters. The maximum absolute atomic E-state index is 5.72. The zero-order chi connectivity index (χ0) is 7.72. The van der Waals surface area contributed by atoms with E-state index < -0.39 is 5.62 Å². The van der Waals surface area contributed by atoms with E-state index in [1.807, 2.05) is 13.8 Å². The number of aliphatic imine (C=N–C) groups is 1. The number of halogens is 2. The van der Waals surface area contributed by atoms with Crippen molar-refractivity contribution in [2.75, 3.05) is 0 Å². The minimum Gasteiger partial charge on any atom is -0.355 e. The molecule has 0 spiro atoms. The van der Waals surface area contributed by atoms with Crippen molar-refractivity contribution in [1.29, 1.82) is 0 Å². The van der Waals surface area contributed by atoms with Crippen molar-refractivity contribution in [1.82, 2.24) is 5.32 Å². The lowest BCUT2D eigenvalue weighted by molar-refractivity contribution is 0.746. The lowest BCUT2D eigenvalue weighted by Gasteiger charge is -2.17. The molecule has 56 valence electrons. The van der Waals surface area contributed by atoms with Gasteiger partial charge < -0.3 is 5.32 Å². The summed E-state index contributed by atoms with van der Waals surface area (Å²) in [5.74, 6) is 0. The summed E-state index contributed by atoms with van der Waals surface area (Å²) in [5.41, 5.74) is 1.54. The summed E-state index contributed by atoms with van der Waals surface area (Å²) in [6.07, 6.45) is 0. The summed E-state index contributed by atoms with van der Waals surface area (Å²) >= 11 is 11.4. The topological polar surface area (TPSA) is 24.4 Å². The van der Waals surface area contributed by atoms with E-state index in [0.29, 0.717) is 5.17 Å². The maximum atomic E-state index is 5.72. The van der Waals surface area contributed by atoms with Crippen molar-refractivity contribution >= 4 is 28.4 Å². The molecule has 0 fully saturated rings. The quantitative estimate of drug-likeness (QED) is 0.446. The third-order valence-electron chi connectivity index (χ3n) is 1.43. The van der Waals surface area contributed by atoms with Crippen LogP contribution in [-0.4, -0.2) is 10.8 Å². The van der Waals surface area contributed by atoms with Gasteiger partial charge in [0, 0.05) is 11.3 Å². The Bertz CT molecular complexity index is 208. The lowest BCUT2D eigenvalue weighted by atomic mass is 10.2. The van der Waals surface area contributed by atoms with Crippen LogP contribution in [0.3, 0.4) is 0 Å². The summed E-state index contributed by atoms with van der Waals surface area (Å²) < 4.78 is 0. The van der Waals surface area contributed by atoms with Gasteiger partial charge in [0.15, 0.2) is 5.62 Å². The summed E-state index contributed by atoms with van der Waals surface area (Å²) in [5, 5.41) is 3.43. The predicted molar refractivity (Wildman–Crippen MR) is 44.4 cm³/mol. The zero-order valence-corrected chi connectivity index (χ0v) is 7.29. The molecule has 2 nitrogen and oxygen atoms in total. The molecule has 0 aliphatic carbocycles. The van der Waals surface area contributed by atoms with Crippen molar-refractivity contribution in [2.24, 2.45) is 4.99 Å². The second-order valence-electron chi connectivity index (χ2n) is 2.15. The molecule has 4 heteroatoms. The van der Waals surface area contributed by atoms with Crippen LogP contribution in [0.5, 0.6) is 0 Å². The molecule has 1 aliphatic rings. The highest BCUT2D eigenvalue weighted by Gasteiger charge is 2.13. The largest absolute Gasteiger partial charge is 0.355 e. The fourth-order valence-corrected chi connectivity index (χ4v) is 1.22. The summed E-state index contributed by atoms with van der Waals surface area (Å²) in [6.45, 7) is 3.82. The van der Waals surface area contributed by atoms with E-state index in [9.17, 15) is 0 Å². The van der Waals surface area contributed by atoms with E-state index in [0.717, 1.165) is 11.3 Å². The number of alkyl halides is 1. The second kappa shape index (κ2) is 2.81. The molecule has 0 amide bonds. The van der Waals surface area contributed by atoms with Gasteiger partial charge in [-0.05, 0) is 13.8 Å². The Balaban J connectivity index is 2.90. The first-order valence-corrected chi connectivity index (χ1v) is 3.74. The Morgan fingerprint density at radius 1 is 1.50 bits per heavy atom. The van der Waals surface area contributed by atoms with E-state index in [1.165, 1.54) is 0 Å². The van der Waals surface area contributed by atoms with Gasteiger partial charge in [-0.25, -0.2) is 4.99 Å². The van der Waals surface area contributed by atoms with E-state index in [1.54, 1.807) is 0 Å². The molecule has 0 saturated heterocycles. The third kappa shape index (κ3) is 1.44. The van der Waals surface area contributed by atoms with Gasteiger partial charge in [-0.3, -0.25) is 0 Å². The molecule has 0 radical (unpaired) electrons. The van der Waals surface area contributed by atoms with Crippen LogP contribution in [0.15, 0.2) is 16.3 Å². The fraction of sp³-hybridized carbons (Fsp3) is 0.500. The van der Waals surface area contributed by atoms with Crippen molar-refractivity contribution < 1.29 is 0 Å². The summed E-state index contributed by atoms with van der Waals surface area (Å²) in [7, 11) is 0. The molecule has 0 aromatic heterocycles. The smallest absolute Gasteiger partial charge is 0.196 e. The molecule has 0 saturated carbocycles. The number of nitrogens with zero attached hydrogens (tertiary/aromatic N) is 1. The van der Waals surface area contributed by atoms with Gasteiger partial charge in [0.1, 0.15) is 5.17 Å². The molecule has 0 bridgehead atoms. The third-order valence-corrected chi connectivity index (χ3v) is 2.02. The highest BCUT2D eigenvalue weighted by Crippen LogP contribution is 2.15. The SMILES string of the molecule is CC1=C(C)C(Cl)=NC(Cl)N1. The van der Waals surface area contributed by atoms with Crippen molar-refractivity contribution in [2.45, 2.75) is 19.5 Å². The van der Waals surface area contributed by atoms with Crippen LogP contribution in [0.4, 0.5) is 0 Å². The summed E-state index contributed by atoms with van der Waals surface area (Å²) in [6, 6.07) is 0. The van der Waals surface area contributed by atoms with Crippen LogP contribution in [-0.2, 0) is 0 Å². The van der Waals surface area contributed by atoms with Crippen LogP contribution in [0.25, 0.3) is 0 Å². The molecule has 1 N–H and O–H groups in total. The Hall–Kier alpha value is -0.210. The molecule has 10 heavy (non-hydrogen) atoms. The van der Waals surface area contributed by atoms with E-state index >= 15 is 0 Å². The summed E-state index contributed by atoms with van der Waals surface area (Å²) in [4.78, 5) is 3.89. The normalized spacial score (nSPS) is 26.0. The number of hydrogen-bond donors (Lipinski definition) is 1. The Morgan fingerprint density at radius 3 is 2.60 bits per heavy atom. The van der Waals surface area contributed by atoms with Gasteiger partial charge in [0.25, 0.3) is 0 Å². The van der Waals surface area contributed by atoms with Gasteiger partial charge in [0.2, 0.25) is 0 Å². The molecular weight excluding hydrogens is 171 g/mol. The Labute approximate surface area is 69.9 Å². The van der Waals surface area contributed by atoms with Gasteiger partial charge in [-0.2, -0.15) is 0 Å². The first kappa shape index (κ1) is 7.89. The predicted octanol–water partition coefficient (Wildman–Crippen LogP) is 2.04. The van der Waals surface area contributed by atoms with Crippen molar-refractivity contribution in [3.05, 3.63) is 11.3 Å². The van der Waals surface area contributed by atoms with Gasteiger partial charge in [0.05, 0.1) is 0 Å². The first-order valence-electron chi connectivity index (χ1n) is 2.93. The number of hydrogen-bond acceptors (Lipinski definition) is 2. The zero-order valence-electron chi connectivity index (χ0n) is 5.78. The average Bonchev–Trinajstić information content (AvgIpc) is 1.82. The van der Waals surface area contributed by atoms with Crippen LogP contribution in [0.1, 0.15) is 13.8 Å². The standard InChI is InChI=1S/C6H8Cl2N2/c1-3-4(2)9-6(8)10-5(3)7/h6,9H,1-2H3. The van der Waals surface area contributed by atoms with Gasteiger partial charge in [-0.15, -0.1) is 0 Å². The van der Waals surface area contributed by atoms with Crippen LogP contribution in [0, 0.1) is 0 Å². The highest BCUT2D eigenvalue weighted by atomic mass is 35.5. The van der Waals surface area contributed by atoms with Crippen molar-refractivity contribution in [3.63, 3.8) is 0 Å². The molecular formula is C6H8Cl2N2. The highest BCUT2D eigenvalue weighted by molar-refractivity contribution is 6.69. The van der Waals surface area contributed by atoms with Crippen LogP contribution in [0.2, 0.25) is 0 Å². The number of rotatable bonds is 0. The molecule has 0 aromatic carbocycles. The van der Waals surface area contributed by atoms with Crippen LogP contribution >= 0.6 is 23.2 Å².